The number of halogens is 2. The number of furan rings is 1. The van der Waals surface area contributed by atoms with Crippen molar-refractivity contribution in [1.82, 2.24) is 0 Å². The molecule has 0 bridgehead atoms. The third kappa shape index (κ3) is 3.41. The topological polar surface area (TPSA) is 80.0 Å². The number of amides is 1. The Morgan fingerprint density at radius 2 is 1.85 bits per heavy atom. The van der Waals surface area contributed by atoms with Crippen molar-refractivity contribution in [2.75, 3.05) is 12.0 Å². The Kier molecular flexibility index (Phi) is 5.34. The van der Waals surface area contributed by atoms with E-state index in [0.717, 1.165) is 4.90 Å². The molecule has 8 heteroatoms. The van der Waals surface area contributed by atoms with Crippen molar-refractivity contribution in [3.8, 4) is 5.75 Å². The maximum absolute atomic E-state index is 14.9. The van der Waals surface area contributed by atoms with Crippen LogP contribution < -0.4 is 9.64 Å². The van der Waals surface area contributed by atoms with E-state index in [0.29, 0.717) is 27.4 Å². The summed E-state index contributed by atoms with van der Waals surface area (Å²) in [5.74, 6) is -2.73. The number of benzene rings is 3. The minimum absolute atomic E-state index is 0.0388. The number of fused-ring (bicyclic) bond motifs is 1. The number of hydrogen-bond acceptors (Lipinski definition) is 5. The lowest BCUT2D eigenvalue weighted by molar-refractivity contribution is -0.117. The zero-order chi connectivity index (χ0) is 24.0. The van der Waals surface area contributed by atoms with E-state index in [4.69, 9.17) is 20.8 Å². The van der Waals surface area contributed by atoms with Gasteiger partial charge in [-0.2, -0.15) is 0 Å². The molecule has 0 fully saturated rings. The van der Waals surface area contributed by atoms with E-state index < -0.39 is 29.3 Å². The number of nitrogens with zero attached hydrogens (tertiary/aromatic N) is 1. The van der Waals surface area contributed by atoms with Gasteiger partial charge in [0.15, 0.2) is 22.9 Å². The number of Topliss-reactive ketones (excluding diaryl/α,β-unsaturated/α-hetero) is 1. The molecule has 0 spiro atoms. The largest absolute Gasteiger partial charge is 0.503 e. The number of hydrogen-bond donors (Lipinski definition) is 1. The first kappa shape index (κ1) is 21.7. The second-order valence-corrected chi connectivity index (χ2v) is 8.10. The number of para-hydroxylation sites is 1. The molecule has 6 nitrogen and oxygen atoms in total. The van der Waals surface area contributed by atoms with Gasteiger partial charge < -0.3 is 14.3 Å². The van der Waals surface area contributed by atoms with Crippen LogP contribution in [0, 0.1) is 5.82 Å². The summed E-state index contributed by atoms with van der Waals surface area (Å²) >= 11 is 6.12. The monoisotopic (exact) mass is 477 g/mol. The summed E-state index contributed by atoms with van der Waals surface area (Å²) in [5, 5.41) is 11.8. The molecule has 1 unspecified atom stereocenters. The van der Waals surface area contributed by atoms with Gasteiger partial charge in [-0.15, -0.1) is 0 Å². The first-order valence-electron chi connectivity index (χ1n) is 10.3. The number of rotatable bonds is 5. The Morgan fingerprint density at radius 1 is 1.09 bits per heavy atom. The minimum atomic E-state index is -1.24. The van der Waals surface area contributed by atoms with Crippen LogP contribution in [0.2, 0.25) is 5.02 Å². The molecule has 34 heavy (non-hydrogen) atoms. The SMILES string of the molecule is COc1cccc2cc(C(=O)C3=C(O)C(=O)N(c4cccc(Cl)c4)C3c3ccccc3F)oc12. The quantitative estimate of drug-likeness (QED) is 0.356. The van der Waals surface area contributed by atoms with Gasteiger partial charge in [0.25, 0.3) is 5.91 Å². The van der Waals surface area contributed by atoms with E-state index in [2.05, 4.69) is 0 Å². The summed E-state index contributed by atoms with van der Waals surface area (Å²) in [6.45, 7) is 0. The number of carbonyl (C=O) groups excluding carboxylic acids is 2. The molecule has 2 heterocycles. The first-order valence-corrected chi connectivity index (χ1v) is 10.7. The van der Waals surface area contributed by atoms with E-state index in [9.17, 15) is 19.1 Å². The fourth-order valence-electron chi connectivity index (χ4n) is 4.16. The first-order chi connectivity index (χ1) is 16.4. The molecule has 0 radical (unpaired) electrons. The van der Waals surface area contributed by atoms with Crippen LogP contribution in [0.25, 0.3) is 11.0 Å². The van der Waals surface area contributed by atoms with Crippen molar-refractivity contribution in [3.63, 3.8) is 0 Å². The number of methoxy groups -OCH3 is 1. The van der Waals surface area contributed by atoms with Gasteiger partial charge in [0.05, 0.1) is 18.7 Å². The van der Waals surface area contributed by atoms with Crippen LogP contribution >= 0.6 is 11.6 Å². The summed E-state index contributed by atoms with van der Waals surface area (Å²) < 4.78 is 26.0. The van der Waals surface area contributed by atoms with Gasteiger partial charge in [-0.05, 0) is 36.4 Å². The molecule has 1 aliphatic heterocycles. The number of ketones is 1. The normalized spacial score (nSPS) is 15.9. The number of aliphatic hydroxyl groups is 1. The third-order valence-corrected chi connectivity index (χ3v) is 5.93. The molecule has 1 aliphatic rings. The molecule has 1 amide bonds. The molecule has 0 saturated heterocycles. The van der Waals surface area contributed by atoms with E-state index in [1.165, 1.54) is 37.4 Å². The van der Waals surface area contributed by atoms with Gasteiger partial charge in [-0.1, -0.05) is 48.0 Å². The lowest BCUT2D eigenvalue weighted by Crippen LogP contribution is -2.31. The number of ether oxygens (including phenoxy) is 1. The molecule has 1 aromatic heterocycles. The zero-order valence-corrected chi connectivity index (χ0v) is 18.5. The highest BCUT2D eigenvalue weighted by Gasteiger charge is 2.46. The van der Waals surface area contributed by atoms with Crippen LogP contribution in [0.5, 0.6) is 5.75 Å². The van der Waals surface area contributed by atoms with Crippen LogP contribution in [0.3, 0.4) is 0 Å². The summed E-state index contributed by atoms with van der Waals surface area (Å²) in [7, 11) is 1.47. The molecular formula is C26H17ClFNO5. The minimum Gasteiger partial charge on any atom is -0.503 e. The zero-order valence-electron chi connectivity index (χ0n) is 17.8. The molecule has 4 aromatic rings. The maximum atomic E-state index is 14.9. The molecule has 170 valence electrons. The van der Waals surface area contributed by atoms with Crippen molar-refractivity contribution < 1.29 is 28.2 Å². The number of carbonyl (C=O) groups is 2. The van der Waals surface area contributed by atoms with Gasteiger partial charge in [0, 0.05) is 21.7 Å². The van der Waals surface area contributed by atoms with E-state index in [-0.39, 0.29) is 16.9 Å². The Balaban J connectivity index is 1.69. The second-order valence-electron chi connectivity index (χ2n) is 7.66. The Hall–Kier alpha value is -4.10. The average Bonchev–Trinajstić information content (AvgIpc) is 3.38. The van der Waals surface area contributed by atoms with Crippen LogP contribution in [0.1, 0.15) is 22.2 Å². The van der Waals surface area contributed by atoms with Gasteiger partial charge in [0.1, 0.15) is 5.82 Å². The van der Waals surface area contributed by atoms with E-state index in [1.807, 2.05) is 0 Å². The second kappa shape index (κ2) is 8.35. The van der Waals surface area contributed by atoms with Crippen molar-refractivity contribution in [1.29, 1.82) is 0 Å². The van der Waals surface area contributed by atoms with Crippen LogP contribution in [-0.2, 0) is 4.79 Å². The molecule has 3 aromatic carbocycles. The summed E-state index contributed by atoms with van der Waals surface area (Å²) in [5.41, 5.74) is 0.378. The van der Waals surface area contributed by atoms with E-state index in [1.54, 1.807) is 42.5 Å². The smallest absolute Gasteiger partial charge is 0.294 e. The summed E-state index contributed by atoms with van der Waals surface area (Å²) in [6.07, 6.45) is 0. The average molecular weight is 478 g/mol. The fourth-order valence-corrected chi connectivity index (χ4v) is 4.35. The molecule has 0 saturated carbocycles. The Bertz CT molecular complexity index is 1490. The standard InChI is InChI=1S/C26H17ClFNO5/c1-33-19-11-4-6-14-12-20(34-25(14)19)23(30)21-22(17-9-2-3-10-18(17)28)29(26(32)24(21)31)16-8-5-7-15(27)13-16/h2-13,22,31H,1H3. The third-order valence-electron chi connectivity index (χ3n) is 5.69. The van der Waals surface area contributed by atoms with Crippen molar-refractivity contribution in [3.05, 3.63) is 106 Å². The highest BCUT2D eigenvalue weighted by atomic mass is 35.5. The van der Waals surface area contributed by atoms with Crippen molar-refractivity contribution in [2.24, 2.45) is 0 Å². The maximum Gasteiger partial charge on any atom is 0.294 e. The van der Waals surface area contributed by atoms with Crippen LogP contribution in [0.4, 0.5) is 10.1 Å². The van der Waals surface area contributed by atoms with Gasteiger partial charge in [-0.25, -0.2) is 4.39 Å². The van der Waals surface area contributed by atoms with Gasteiger partial charge >= 0.3 is 0 Å². The number of aliphatic hydroxyl groups excluding tert-OH is 1. The van der Waals surface area contributed by atoms with Gasteiger partial charge in [0.2, 0.25) is 5.78 Å². The molecule has 5 rings (SSSR count). The van der Waals surface area contributed by atoms with Crippen molar-refractivity contribution >= 4 is 39.9 Å². The van der Waals surface area contributed by atoms with Gasteiger partial charge in [-0.3, -0.25) is 14.5 Å². The highest BCUT2D eigenvalue weighted by Crippen LogP contribution is 2.43. The predicted molar refractivity (Wildman–Crippen MR) is 125 cm³/mol. The van der Waals surface area contributed by atoms with Crippen molar-refractivity contribution in [2.45, 2.75) is 6.04 Å². The lowest BCUT2D eigenvalue weighted by Gasteiger charge is -2.27. The lowest BCUT2D eigenvalue weighted by atomic mass is 9.94. The predicted octanol–water partition coefficient (Wildman–Crippen LogP) is 6.02. The van der Waals surface area contributed by atoms with Crippen LogP contribution in [0.15, 0.2) is 88.5 Å². The Labute approximate surface area is 198 Å². The molecular weight excluding hydrogens is 461 g/mol. The molecule has 1 N–H and O–H groups in total. The highest BCUT2D eigenvalue weighted by molar-refractivity contribution is 6.31. The number of anilines is 1. The van der Waals surface area contributed by atoms with Crippen LogP contribution in [-0.4, -0.2) is 23.9 Å². The summed E-state index contributed by atoms with van der Waals surface area (Å²) in [4.78, 5) is 28.0. The Morgan fingerprint density at radius 3 is 2.59 bits per heavy atom. The fraction of sp³-hybridized carbons (Fsp3) is 0.0769. The summed E-state index contributed by atoms with van der Waals surface area (Å²) in [6, 6.07) is 17.5. The molecule has 0 aliphatic carbocycles. The molecule has 1 atom stereocenters. The van der Waals surface area contributed by atoms with E-state index >= 15 is 0 Å².